The van der Waals surface area contributed by atoms with Gasteiger partial charge in [0.25, 0.3) is 0 Å². The van der Waals surface area contributed by atoms with E-state index in [0.29, 0.717) is 5.92 Å². The average Bonchev–Trinajstić information content (AvgIpc) is 2.47. The summed E-state index contributed by atoms with van der Waals surface area (Å²) < 4.78 is 8.38. The molecule has 86 valence electrons. The highest BCUT2D eigenvalue weighted by Crippen LogP contribution is 2.01. The summed E-state index contributed by atoms with van der Waals surface area (Å²) in [5, 5.41) is 0. The van der Waals surface area contributed by atoms with Gasteiger partial charge in [-0.1, -0.05) is 13.8 Å². The number of H-pyrrole nitrogens is 1. The Morgan fingerprint density at radius 1 is 1.47 bits per heavy atom. The van der Waals surface area contributed by atoms with Gasteiger partial charge in [-0.25, -0.2) is 0 Å². The second-order valence-electron chi connectivity index (χ2n) is 4.18. The van der Waals surface area contributed by atoms with E-state index in [1.807, 2.05) is 13.1 Å². The summed E-state index contributed by atoms with van der Waals surface area (Å²) in [5.74, 6) is 0.709. The number of ether oxygens (including phenoxy) is 1. The fourth-order valence-corrected chi connectivity index (χ4v) is 1.63. The first-order valence-corrected chi connectivity index (χ1v) is 5.84. The molecule has 1 heterocycles. The van der Waals surface area contributed by atoms with E-state index in [-0.39, 0.29) is 0 Å². The van der Waals surface area contributed by atoms with Crippen LogP contribution < -0.4 is 0 Å². The van der Waals surface area contributed by atoms with Crippen molar-refractivity contribution in [2.45, 2.75) is 33.7 Å². The molecule has 3 nitrogen and oxygen atoms in total. The molecule has 4 heteroatoms. The molecule has 15 heavy (non-hydrogen) atoms. The fraction of sp³-hybridized carbons (Fsp3) is 0.727. The average molecular weight is 228 g/mol. The quantitative estimate of drug-likeness (QED) is 0.599. The van der Waals surface area contributed by atoms with Crippen LogP contribution in [0.2, 0.25) is 0 Å². The third-order valence-corrected chi connectivity index (χ3v) is 2.71. The first-order valence-electron chi connectivity index (χ1n) is 5.44. The molecule has 0 spiro atoms. The first-order chi connectivity index (χ1) is 7.11. The predicted octanol–water partition coefficient (Wildman–Crippen LogP) is 2.92. The molecular formula is C11H20N2OS. The molecule has 1 aromatic heterocycles. The predicted molar refractivity (Wildman–Crippen MR) is 64.6 cm³/mol. The molecule has 0 atom stereocenters. The lowest BCUT2D eigenvalue weighted by atomic mass is 10.1. The standard InChI is InChI=1S/C11H20N2OS/c1-9(2)4-6-14-7-5-13-10(3)8-12-11(13)15/h8-9H,4-7H2,1-3H3,(H,12,15). The number of aromatic nitrogens is 2. The van der Waals surface area contributed by atoms with Crippen LogP contribution in [0.25, 0.3) is 0 Å². The van der Waals surface area contributed by atoms with Gasteiger partial charge < -0.3 is 14.3 Å². The van der Waals surface area contributed by atoms with E-state index in [4.69, 9.17) is 17.0 Å². The molecule has 0 saturated carbocycles. The molecule has 0 aliphatic carbocycles. The third-order valence-electron chi connectivity index (χ3n) is 2.37. The van der Waals surface area contributed by atoms with Gasteiger partial charge in [0.1, 0.15) is 0 Å². The number of nitrogens with zero attached hydrogens (tertiary/aromatic N) is 1. The maximum Gasteiger partial charge on any atom is 0.177 e. The lowest BCUT2D eigenvalue weighted by Gasteiger charge is -2.08. The van der Waals surface area contributed by atoms with Crippen LogP contribution in [-0.4, -0.2) is 22.8 Å². The smallest absolute Gasteiger partial charge is 0.177 e. The number of rotatable bonds is 6. The van der Waals surface area contributed by atoms with Crippen molar-refractivity contribution in [2.75, 3.05) is 13.2 Å². The van der Waals surface area contributed by atoms with E-state index in [1.165, 1.54) is 0 Å². The van der Waals surface area contributed by atoms with Crippen LogP contribution in [0.1, 0.15) is 26.0 Å². The molecule has 0 saturated heterocycles. The normalized spacial score (nSPS) is 11.2. The molecule has 0 amide bonds. The van der Waals surface area contributed by atoms with Crippen molar-refractivity contribution in [3.63, 3.8) is 0 Å². The number of imidazole rings is 1. The van der Waals surface area contributed by atoms with Gasteiger partial charge in [0.15, 0.2) is 4.77 Å². The molecule has 0 aliphatic heterocycles. The highest BCUT2D eigenvalue weighted by atomic mass is 32.1. The maximum atomic E-state index is 5.55. The Hall–Kier alpha value is -0.610. The monoisotopic (exact) mass is 228 g/mol. The fourth-order valence-electron chi connectivity index (χ4n) is 1.34. The molecule has 0 aliphatic rings. The van der Waals surface area contributed by atoms with Crippen LogP contribution >= 0.6 is 12.2 Å². The highest BCUT2D eigenvalue weighted by Gasteiger charge is 1.99. The van der Waals surface area contributed by atoms with Crippen molar-refractivity contribution in [1.82, 2.24) is 9.55 Å². The van der Waals surface area contributed by atoms with Gasteiger partial charge in [-0.2, -0.15) is 0 Å². The minimum absolute atomic E-state index is 0.709. The van der Waals surface area contributed by atoms with Crippen LogP contribution in [0.5, 0.6) is 0 Å². The summed E-state index contributed by atoms with van der Waals surface area (Å²) in [6, 6.07) is 0. The van der Waals surface area contributed by atoms with Crippen LogP contribution in [0, 0.1) is 17.6 Å². The van der Waals surface area contributed by atoms with E-state index >= 15 is 0 Å². The van der Waals surface area contributed by atoms with E-state index in [2.05, 4.69) is 23.4 Å². The van der Waals surface area contributed by atoms with E-state index in [1.54, 1.807) is 0 Å². The highest BCUT2D eigenvalue weighted by molar-refractivity contribution is 7.71. The number of nitrogens with one attached hydrogen (secondary N) is 1. The van der Waals surface area contributed by atoms with Crippen LogP contribution in [-0.2, 0) is 11.3 Å². The van der Waals surface area contributed by atoms with Gasteiger partial charge in [0.2, 0.25) is 0 Å². The van der Waals surface area contributed by atoms with E-state index in [0.717, 1.165) is 36.6 Å². The van der Waals surface area contributed by atoms with Crippen molar-refractivity contribution in [1.29, 1.82) is 0 Å². The first kappa shape index (κ1) is 12.5. The molecule has 0 radical (unpaired) electrons. The molecular weight excluding hydrogens is 208 g/mol. The van der Waals surface area contributed by atoms with Crippen molar-refractivity contribution in [3.8, 4) is 0 Å². The van der Waals surface area contributed by atoms with Crippen molar-refractivity contribution in [3.05, 3.63) is 16.7 Å². The Morgan fingerprint density at radius 3 is 2.73 bits per heavy atom. The van der Waals surface area contributed by atoms with E-state index in [9.17, 15) is 0 Å². The van der Waals surface area contributed by atoms with Crippen molar-refractivity contribution < 1.29 is 4.74 Å². The minimum Gasteiger partial charge on any atom is -0.380 e. The van der Waals surface area contributed by atoms with Crippen molar-refractivity contribution in [2.24, 2.45) is 5.92 Å². The molecule has 0 aromatic carbocycles. The molecule has 1 rings (SSSR count). The van der Waals surface area contributed by atoms with Gasteiger partial charge in [-0.3, -0.25) is 0 Å². The number of aromatic amines is 1. The second-order valence-corrected chi connectivity index (χ2v) is 4.57. The molecule has 0 fully saturated rings. The zero-order valence-electron chi connectivity index (χ0n) is 9.75. The topological polar surface area (TPSA) is 29.9 Å². The zero-order valence-corrected chi connectivity index (χ0v) is 10.6. The maximum absolute atomic E-state index is 5.55. The molecule has 0 unspecified atom stereocenters. The van der Waals surface area contributed by atoms with E-state index < -0.39 is 0 Å². The summed E-state index contributed by atoms with van der Waals surface area (Å²) in [6.45, 7) is 8.87. The SMILES string of the molecule is Cc1c[nH]c(=S)n1CCOCCC(C)C. The lowest BCUT2D eigenvalue weighted by Crippen LogP contribution is -2.09. The molecule has 0 bridgehead atoms. The summed E-state index contributed by atoms with van der Waals surface area (Å²) in [5.41, 5.74) is 1.16. The zero-order chi connectivity index (χ0) is 11.3. The summed E-state index contributed by atoms with van der Waals surface area (Å²) >= 11 is 5.14. The van der Waals surface area contributed by atoms with Gasteiger partial charge in [0, 0.05) is 25.0 Å². The van der Waals surface area contributed by atoms with Gasteiger partial charge in [-0.15, -0.1) is 0 Å². The minimum atomic E-state index is 0.709. The summed E-state index contributed by atoms with van der Waals surface area (Å²) in [7, 11) is 0. The number of aryl methyl sites for hydroxylation is 1. The number of hydrogen-bond donors (Lipinski definition) is 1. The Morgan fingerprint density at radius 2 is 2.20 bits per heavy atom. The van der Waals surface area contributed by atoms with Crippen LogP contribution in [0.4, 0.5) is 0 Å². The van der Waals surface area contributed by atoms with Gasteiger partial charge >= 0.3 is 0 Å². The summed E-state index contributed by atoms with van der Waals surface area (Å²) in [4.78, 5) is 3.02. The Balaban J connectivity index is 2.23. The Bertz CT molecular complexity index is 341. The second kappa shape index (κ2) is 6.08. The van der Waals surface area contributed by atoms with Crippen molar-refractivity contribution >= 4 is 12.2 Å². The van der Waals surface area contributed by atoms with Crippen LogP contribution in [0.15, 0.2) is 6.20 Å². The lowest BCUT2D eigenvalue weighted by molar-refractivity contribution is 0.115. The summed E-state index contributed by atoms with van der Waals surface area (Å²) in [6.07, 6.45) is 3.05. The van der Waals surface area contributed by atoms with Gasteiger partial charge in [0.05, 0.1) is 6.61 Å². The third kappa shape index (κ3) is 4.18. The Kier molecular flexibility index (Phi) is 5.05. The number of hydrogen-bond acceptors (Lipinski definition) is 2. The van der Waals surface area contributed by atoms with Gasteiger partial charge in [-0.05, 0) is 31.5 Å². The Labute approximate surface area is 96.5 Å². The van der Waals surface area contributed by atoms with Crippen LogP contribution in [0.3, 0.4) is 0 Å². The molecule has 1 aromatic rings. The molecule has 1 N–H and O–H groups in total. The largest absolute Gasteiger partial charge is 0.380 e.